The molecule has 2 aromatic heterocycles. The van der Waals surface area contributed by atoms with Crippen molar-refractivity contribution >= 4 is 43.6 Å². The molecule has 0 saturated heterocycles. The van der Waals surface area contributed by atoms with E-state index in [4.69, 9.17) is 4.74 Å². The summed E-state index contributed by atoms with van der Waals surface area (Å²) >= 11 is 3.47. The lowest BCUT2D eigenvalue weighted by molar-refractivity contribution is 0.0946. The smallest absolute Gasteiger partial charge is 0.296 e. The number of para-hydroxylation sites is 1. The summed E-state index contributed by atoms with van der Waals surface area (Å²) in [5, 5.41) is 8.88. The molecule has 35 heavy (non-hydrogen) atoms. The summed E-state index contributed by atoms with van der Waals surface area (Å²) in [6, 6.07) is 20.7. The van der Waals surface area contributed by atoms with Gasteiger partial charge in [-0.25, -0.2) is 0 Å². The monoisotopic (exact) mass is 530 g/mol. The molecule has 0 fully saturated rings. The van der Waals surface area contributed by atoms with Crippen LogP contribution in [0, 0.1) is 6.92 Å². The predicted octanol–water partition coefficient (Wildman–Crippen LogP) is 4.89. The first kappa shape index (κ1) is 22.9. The largest absolute Gasteiger partial charge is 0.496 e. The third-order valence-corrected chi connectivity index (χ3v) is 6.61. The highest BCUT2D eigenvalue weighted by molar-refractivity contribution is 9.10. The lowest BCUT2D eigenvalue weighted by Gasteiger charge is -2.12. The first-order valence-electron chi connectivity index (χ1n) is 11.1. The van der Waals surface area contributed by atoms with Crippen LogP contribution in [0.4, 0.5) is 0 Å². The maximum absolute atomic E-state index is 13.6. The minimum absolute atomic E-state index is 0.186. The normalized spacial score (nSPS) is 11.2. The van der Waals surface area contributed by atoms with Crippen LogP contribution in [-0.2, 0) is 13.6 Å². The zero-order chi connectivity index (χ0) is 24.7. The number of carbonyl (C=O) groups excluding carboxylic acids is 1. The molecular formula is C27H23BrN4O3. The van der Waals surface area contributed by atoms with Gasteiger partial charge < -0.3 is 14.6 Å². The van der Waals surface area contributed by atoms with Gasteiger partial charge in [0.2, 0.25) is 0 Å². The van der Waals surface area contributed by atoms with Gasteiger partial charge in [0.25, 0.3) is 11.5 Å². The molecule has 1 N–H and O–H groups in total. The van der Waals surface area contributed by atoms with Gasteiger partial charge in [-0.15, -0.1) is 0 Å². The Balaban J connectivity index is 1.69. The van der Waals surface area contributed by atoms with Crippen LogP contribution in [0.1, 0.15) is 21.6 Å². The standard InChI is InChI=1S/C27H23BrN4O3/c1-16-8-11-19(12-9-16)32-27(34)25-23(20-6-4-5-7-21(20)31(25)2)24(30-32)26(33)29-15-17-14-18(28)10-13-22(17)35-3/h4-14H,15H2,1-3H3,(H,29,33). The number of nitrogens with one attached hydrogen (secondary N) is 1. The van der Waals surface area contributed by atoms with Crippen molar-refractivity contribution in [3.8, 4) is 11.4 Å². The van der Waals surface area contributed by atoms with Crippen LogP contribution in [-0.4, -0.2) is 27.4 Å². The Labute approximate surface area is 210 Å². The van der Waals surface area contributed by atoms with E-state index in [1.165, 1.54) is 4.68 Å². The summed E-state index contributed by atoms with van der Waals surface area (Å²) < 4.78 is 9.44. The number of hydrogen-bond donors (Lipinski definition) is 1. The van der Waals surface area contributed by atoms with E-state index in [1.807, 2.05) is 85.3 Å². The molecule has 0 aliphatic carbocycles. The van der Waals surface area contributed by atoms with E-state index in [9.17, 15) is 9.59 Å². The molecule has 5 rings (SSSR count). The van der Waals surface area contributed by atoms with Crippen molar-refractivity contribution in [2.45, 2.75) is 13.5 Å². The van der Waals surface area contributed by atoms with Gasteiger partial charge in [-0.2, -0.15) is 9.78 Å². The SMILES string of the molecule is COc1ccc(Br)cc1CNC(=O)c1nn(-c2ccc(C)cc2)c(=O)c2c1c1ccccc1n2C. The Morgan fingerprint density at radius 2 is 1.83 bits per heavy atom. The Hall–Kier alpha value is -3.91. The molecule has 2 heterocycles. The number of halogens is 1. The summed E-state index contributed by atoms with van der Waals surface area (Å²) in [5.74, 6) is 0.288. The fourth-order valence-electron chi connectivity index (χ4n) is 4.34. The minimum Gasteiger partial charge on any atom is -0.496 e. The Morgan fingerprint density at radius 1 is 1.09 bits per heavy atom. The molecule has 0 bridgehead atoms. The number of methoxy groups -OCH3 is 1. The first-order valence-corrected chi connectivity index (χ1v) is 11.9. The number of nitrogens with zero attached hydrogens (tertiary/aromatic N) is 3. The molecule has 0 saturated carbocycles. The zero-order valence-electron chi connectivity index (χ0n) is 19.5. The fraction of sp³-hybridized carbons (Fsp3) is 0.148. The molecule has 3 aromatic carbocycles. The predicted molar refractivity (Wildman–Crippen MR) is 140 cm³/mol. The average molecular weight is 531 g/mol. The zero-order valence-corrected chi connectivity index (χ0v) is 21.1. The number of ether oxygens (including phenoxy) is 1. The van der Waals surface area contributed by atoms with Gasteiger partial charge in [0.05, 0.1) is 12.8 Å². The molecular weight excluding hydrogens is 508 g/mol. The molecule has 8 heteroatoms. The number of fused-ring (bicyclic) bond motifs is 3. The summed E-state index contributed by atoms with van der Waals surface area (Å²) in [4.78, 5) is 27.2. The second-order valence-corrected chi connectivity index (χ2v) is 9.26. The van der Waals surface area contributed by atoms with Crippen molar-refractivity contribution in [2.24, 2.45) is 7.05 Å². The summed E-state index contributed by atoms with van der Waals surface area (Å²) in [5.41, 5.74) is 3.65. The van der Waals surface area contributed by atoms with Crippen molar-refractivity contribution in [1.29, 1.82) is 0 Å². The summed E-state index contributed by atoms with van der Waals surface area (Å²) in [7, 11) is 3.42. The Morgan fingerprint density at radius 3 is 2.57 bits per heavy atom. The van der Waals surface area contributed by atoms with Crippen LogP contribution in [0.15, 0.2) is 76.0 Å². The molecule has 0 radical (unpaired) electrons. The highest BCUT2D eigenvalue weighted by Gasteiger charge is 2.23. The molecule has 0 unspecified atom stereocenters. The van der Waals surface area contributed by atoms with E-state index in [1.54, 1.807) is 7.11 Å². The molecule has 7 nitrogen and oxygen atoms in total. The van der Waals surface area contributed by atoms with Gasteiger partial charge in [0.15, 0.2) is 5.69 Å². The van der Waals surface area contributed by atoms with E-state index < -0.39 is 0 Å². The maximum Gasteiger partial charge on any atom is 0.296 e. The lowest BCUT2D eigenvalue weighted by Crippen LogP contribution is -2.30. The summed E-state index contributed by atoms with van der Waals surface area (Å²) in [6.45, 7) is 2.21. The van der Waals surface area contributed by atoms with E-state index in [0.717, 1.165) is 26.5 Å². The number of amides is 1. The lowest BCUT2D eigenvalue weighted by atomic mass is 10.1. The van der Waals surface area contributed by atoms with E-state index in [0.29, 0.717) is 22.3 Å². The van der Waals surface area contributed by atoms with E-state index >= 15 is 0 Å². The van der Waals surface area contributed by atoms with Crippen molar-refractivity contribution in [3.63, 3.8) is 0 Å². The number of rotatable bonds is 5. The number of aryl methyl sites for hydroxylation is 2. The number of aromatic nitrogens is 3. The molecule has 0 aliphatic rings. The Kier molecular flexibility index (Phi) is 5.90. The third-order valence-electron chi connectivity index (χ3n) is 6.11. The van der Waals surface area contributed by atoms with Gasteiger partial charge in [-0.1, -0.05) is 51.8 Å². The number of benzene rings is 3. The first-order chi connectivity index (χ1) is 16.9. The van der Waals surface area contributed by atoms with Crippen LogP contribution in [0.2, 0.25) is 0 Å². The molecule has 0 atom stereocenters. The quantitative estimate of drug-likeness (QED) is 0.351. The van der Waals surface area contributed by atoms with Gasteiger partial charge in [-0.3, -0.25) is 9.59 Å². The van der Waals surface area contributed by atoms with E-state index in [2.05, 4.69) is 26.3 Å². The van der Waals surface area contributed by atoms with Crippen LogP contribution < -0.4 is 15.6 Å². The fourth-order valence-corrected chi connectivity index (χ4v) is 4.75. The van der Waals surface area contributed by atoms with E-state index in [-0.39, 0.29) is 23.7 Å². The van der Waals surface area contributed by atoms with Gasteiger partial charge in [-0.05, 0) is 43.3 Å². The second-order valence-electron chi connectivity index (χ2n) is 8.34. The van der Waals surface area contributed by atoms with Crippen LogP contribution in [0.5, 0.6) is 5.75 Å². The topological polar surface area (TPSA) is 78.2 Å². The van der Waals surface area contributed by atoms with Crippen molar-refractivity contribution in [1.82, 2.24) is 19.7 Å². The minimum atomic E-state index is -0.380. The third kappa shape index (κ3) is 4.00. The molecule has 0 spiro atoms. The molecule has 0 aliphatic heterocycles. The van der Waals surface area contributed by atoms with Crippen molar-refractivity contribution < 1.29 is 9.53 Å². The second kappa shape index (κ2) is 9.03. The number of carbonyl (C=O) groups is 1. The Bertz CT molecular complexity index is 1650. The maximum atomic E-state index is 13.6. The molecule has 5 aromatic rings. The van der Waals surface area contributed by atoms with Gasteiger partial charge in [0.1, 0.15) is 11.3 Å². The number of hydrogen-bond acceptors (Lipinski definition) is 4. The summed E-state index contributed by atoms with van der Waals surface area (Å²) in [6.07, 6.45) is 0. The van der Waals surface area contributed by atoms with Gasteiger partial charge in [0, 0.05) is 39.9 Å². The van der Waals surface area contributed by atoms with Gasteiger partial charge >= 0.3 is 0 Å². The van der Waals surface area contributed by atoms with Crippen molar-refractivity contribution in [3.05, 3.63) is 98.4 Å². The highest BCUT2D eigenvalue weighted by atomic mass is 79.9. The van der Waals surface area contributed by atoms with Crippen LogP contribution in [0.3, 0.4) is 0 Å². The van der Waals surface area contributed by atoms with Crippen molar-refractivity contribution in [2.75, 3.05) is 7.11 Å². The average Bonchev–Trinajstić information content (AvgIpc) is 3.17. The molecule has 176 valence electrons. The molecule has 1 amide bonds. The van der Waals surface area contributed by atoms with Crippen LogP contribution >= 0.6 is 15.9 Å². The van der Waals surface area contributed by atoms with Crippen LogP contribution in [0.25, 0.3) is 27.5 Å². The highest BCUT2D eigenvalue weighted by Crippen LogP contribution is 2.29.